The molecule has 0 heterocycles. The summed E-state index contributed by atoms with van der Waals surface area (Å²) in [6, 6.07) is -1.19. The Morgan fingerprint density at radius 1 is 0.909 bits per heavy atom. The molecule has 0 spiro atoms. The minimum Gasteiger partial charge on any atom is -0.479 e. The van der Waals surface area contributed by atoms with Crippen molar-refractivity contribution in [2.75, 3.05) is 6.61 Å². The van der Waals surface area contributed by atoms with Crippen molar-refractivity contribution in [1.82, 2.24) is 0 Å². The maximum Gasteiger partial charge on any atom is 0.336 e. The van der Waals surface area contributed by atoms with Gasteiger partial charge in [0.05, 0.1) is 19.4 Å². The molecule has 0 aromatic rings. The Hall–Kier alpha value is -2.24. The number of aliphatic hydroxyl groups excluding tert-OH is 6. The van der Waals surface area contributed by atoms with E-state index in [2.05, 4.69) is 9.47 Å². The van der Waals surface area contributed by atoms with E-state index in [0.29, 0.717) is 0 Å². The van der Waals surface area contributed by atoms with Gasteiger partial charge in [-0.25, -0.2) is 9.59 Å². The molecule has 15 heteroatoms. The third-order valence-corrected chi connectivity index (χ3v) is 4.34. The lowest BCUT2D eigenvalue weighted by Crippen LogP contribution is -2.51. The molecule has 0 aliphatic rings. The van der Waals surface area contributed by atoms with E-state index < -0.39 is 85.7 Å². The molecule has 0 amide bonds. The summed E-state index contributed by atoms with van der Waals surface area (Å²) in [6.07, 6.45) is -14.1. The fraction of sp³-hybridized carbons (Fsp3) is 0.778. The molecule has 0 bridgehead atoms. The zero-order valence-corrected chi connectivity index (χ0v) is 18.0. The number of hydrogen-bond donors (Lipinski definition) is 9. The third-order valence-electron chi connectivity index (χ3n) is 4.34. The Morgan fingerprint density at radius 3 is 1.88 bits per heavy atom. The molecular weight excluding hydrogens is 454 g/mol. The summed E-state index contributed by atoms with van der Waals surface area (Å²) in [4.78, 5) is 46.9. The van der Waals surface area contributed by atoms with Crippen LogP contribution in [0.25, 0.3) is 0 Å². The maximum atomic E-state index is 11.9. The van der Waals surface area contributed by atoms with Gasteiger partial charge in [-0.2, -0.15) is 0 Å². The van der Waals surface area contributed by atoms with Gasteiger partial charge >= 0.3 is 23.9 Å². The summed E-state index contributed by atoms with van der Waals surface area (Å²) < 4.78 is 8.65. The van der Waals surface area contributed by atoms with Gasteiger partial charge in [0.2, 0.25) is 6.29 Å². The second-order valence-corrected chi connectivity index (χ2v) is 7.82. The van der Waals surface area contributed by atoms with Crippen LogP contribution in [-0.4, -0.2) is 114 Å². The van der Waals surface area contributed by atoms with Crippen molar-refractivity contribution >= 4 is 23.9 Å². The first kappa shape index (κ1) is 30.8. The van der Waals surface area contributed by atoms with Gasteiger partial charge in [0.25, 0.3) is 0 Å². The molecule has 7 atom stereocenters. The van der Waals surface area contributed by atoms with E-state index >= 15 is 0 Å². The van der Waals surface area contributed by atoms with E-state index in [1.54, 1.807) is 13.8 Å². The number of ether oxygens (including phenoxy) is 2. The van der Waals surface area contributed by atoms with E-state index in [9.17, 15) is 54.9 Å². The second kappa shape index (κ2) is 13.5. The Balaban J connectivity index is 5.07. The highest BCUT2D eigenvalue weighted by molar-refractivity contribution is 5.93. The van der Waals surface area contributed by atoms with Crippen LogP contribution in [0, 0.1) is 5.92 Å². The van der Waals surface area contributed by atoms with Crippen molar-refractivity contribution in [3.05, 3.63) is 0 Å². The van der Waals surface area contributed by atoms with Gasteiger partial charge in [-0.1, -0.05) is 13.8 Å². The maximum absolute atomic E-state index is 11.9. The first-order valence-corrected chi connectivity index (χ1v) is 9.72. The normalized spacial score (nSPS) is 18.9. The number of esters is 3. The number of hydrogen-bond acceptors (Lipinski definition) is 14. The summed E-state index contributed by atoms with van der Waals surface area (Å²) in [6.45, 7) is 2.46. The average Bonchev–Trinajstić information content (AvgIpc) is 2.70. The lowest BCUT2D eigenvalue weighted by molar-refractivity contribution is -0.217. The van der Waals surface area contributed by atoms with E-state index in [1.165, 1.54) is 0 Å². The summed E-state index contributed by atoms with van der Waals surface area (Å²) in [5.41, 5.74) is 2.38. The molecule has 2 unspecified atom stereocenters. The summed E-state index contributed by atoms with van der Waals surface area (Å²) in [7, 11) is 0. The van der Waals surface area contributed by atoms with Gasteiger partial charge < -0.3 is 56.1 Å². The molecule has 192 valence electrons. The molecule has 0 aliphatic heterocycles. The first-order valence-electron chi connectivity index (χ1n) is 9.72. The molecule has 0 saturated carbocycles. The molecule has 0 aliphatic carbocycles. The lowest BCUT2D eigenvalue weighted by atomic mass is 9.95. The van der Waals surface area contributed by atoms with Gasteiger partial charge in [-0.15, -0.1) is 0 Å². The molecule has 0 saturated heterocycles. The largest absolute Gasteiger partial charge is 0.479 e. The fourth-order valence-electron chi connectivity index (χ4n) is 2.47. The average molecular weight is 485 g/mol. The standard InChI is InChI=1S/C18H31NO14/c1-7(2)3-8(19)15(27)32-10(22)4-18(31,17(29)30)5-11(23)33-16(28)14(26)13(25)12(24)9(21)6-20/h7-9,12-14,16,20-21,24-26,28,31H,3-6,19H2,1-2H3,(H,29,30)/t8-,9+,12+,13-,14-,16?,18?/m0/s1. The molecule has 33 heavy (non-hydrogen) atoms. The third kappa shape index (κ3) is 10.1. The van der Waals surface area contributed by atoms with Crippen LogP contribution < -0.4 is 5.73 Å². The smallest absolute Gasteiger partial charge is 0.336 e. The highest BCUT2D eigenvalue weighted by Crippen LogP contribution is 2.20. The van der Waals surface area contributed by atoms with Gasteiger partial charge in [-0.3, -0.25) is 9.59 Å². The van der Waals surface area contributed by atoms with Crippen LogP contribution in [0.1, 0.15) is 33.1 Å². The zero-order valence-electron chi connectivity index (χ0n) is 18.0. The van der Waals surface area contributed by atoms with Gasteiger partial charge in [0.1, 0.15) is 30.5 Å². The summed E-state index contributed by atoms with van der Waals surface area (Å²) >= 11 is 0. The topological polar surface area (TPSA) is 275 Å². The van der Waals surface area contributed by atoms with Crippen LogP contribution in [0.2, 0.25) is 0 Å². The number of aliphatic carboxylic acids is 1. The predicted octanol–water partition coefficient (Wildman–Crippen LogP) is -4.68. The number of carboxylic acid groups (broad SMARTS) is 1. The Kier molecular flexibility index (Phi) is 12.5. The van der Waals surface area contributed by atoms with Crippen molar-refractivity contribution in [2.45, 2.75) is 75.5 Å². The highest BCUT2D eigenvalue weighted by atomic mass is 16.6. The Morgan fingerprint density at radius 2 is 1.42 bits per heavy atom. The van der Waals surface area contributed by atoms with Crippen molar-refractivity contribution < 1.29 is 69.5 Å². The van der Waals surface area contributed by atoms with Crippen LogP contribution in [0.3, 0.4) is 0 Å². The van der Waals surface area contributed by atoms with Crippen LogP contribution in [0.15, 0.2) is 0 Å². The number of carbonyl (C=O) groups is 4. The number of aliphatic hydroxyl groups is 7. The molecule has 15 nitrogen and oxygen atoms in total. The monoisotopic (exact) mass is 485 g/mol. The predicted molar refractivity (Wildman–Crippen MR) is 104 cm³/mol. The molecular formula is C18H31NO14. The Bertz CT molecular complexity index is 685. The number of nitrogens with two attached hydrogens (primary N) is 1. The summed E-state index contributed by atoms with van der Waals surface area (Å²) in [5, 5.41) is 75.7. The van der Waals surface area contributed by atoms with Gasteiger partial charge in [0, 0.05) is 0 Å². The Labute approximate surface area is 188 Å². The highest BCUT2D eigenvalue weighted by Gasteiger charge is 2.44. The van der Waals surface area contributed by atoms with Crippen molar-refractivity contribution in [2.24, 2.45) is 11.7 Å². The van der Waals surface area contributed by atoms with Crippen molar-refractivity contribution in [1.29, 1.82) is 0 Å². The van der Waals surface area contributed by atoms with E-state index in [-0.39, 0.29) is 12.3 Å². The van der Waals surface area contributed by atoms with Crippen LogP contribution in [0.5, 0.6) is 0 Å². The number of carbonyl (C=O) groups excluding carboxylic acids is 3. The SMILES string of the molecule is CC(C)C[C@H](N)C(=O)OC(=O)CC(O)(CC(=O)OC(O)[C@@H](O)[C@@H](O)[C@H](O)[C@H](O)CO)C(=O)O. The first-order chi connectivity index (χ1) is 15.0. The number of rotatable bonds is 14. The van der Waals surface area contributed by atoms with Crippen LogP contribution >= 0.6 is 0 Å². The zero-order chi connectivity index (χ0) is 26.1. The van der Waals surface area contributed by atoms with Gasteiger partial charge in [0.15, 0.2) is 5.60 Å². The van der Waals surface area contributed by atoms with Crippen molar-refractivity contribution in [3.8, 4) is 0 Å². The second-order valence-electron chi connectivity index (χ2n) is 7.82. The van der Waals surface area contributed by atoms with Crippen molar-refractivity contribution in [3.63, 3.8) is 0 Å². The van der Waals surface area contributed by atoms with Crippen LogP contribution in [0.4, 0.5) is 0 Å². The minimum absolute atomic E-state index is 0.0262. The molecule has 0 aromatic carbocycles. The minimum atomic E-state index is -3.15. The van der Waals surface area contributed by atoms with E-state index in [1.807, 2.05) is 0 Å². The molecule has 0 fully saturated rings. The lowest BCUT2D eigenvalue weighted by Gasteiger charge is -2.28. The summed E-state index contributed by atoms with van der Waals surface area (Å²) in [5.74, 6) is -6.49. The fourth-order valence-corrected chi connectivity index (χ4v) is 2.47. The molecule has 0 radical (unpaired) electrons. The van der Waals surface area contributed by atoms with Gasteiger partial charge in [-0.05, 0) is 12.3 Å². The van der Waals surface area contributed by atoms with E-state index in [4.69, 9.17) is 10.8 Å². The van der Waals surface area contributed by atoms with E-state index in [0.717, 1.165) is 0 Å². The van der Waals surface area contributed by atoms with Crippen LogP contribution in [-0.2, 0) is 28.7 Å². The number of carboxylic acids is 1. The quantitative estimate of drug-likeness (QED) is 0.0635. The molecule has 0 aromatic heterocycles. The molecule has 0 rings (SSSR count). The molecule has 10 N–H and O–H groups in total.